The van der Waals surface area contributed by atoms with Crippen molar-refractivity contribution in [2.45, 2.75) is 0 Å². The van der Waals surface area contributed by atoms with Crippen LogP contribution < -0.4 is 25.6 Å². The summed E-state index contributed by atoms with van der Waals surface area (Å²) in [6.07, 6.45) is 0. The van der Waals surface area contributed by atoms with Crippen molar-refractivity contribution >= 4 is 61.0 Å². The van der Waals surface area contributed by atoms with Crippen molar-refractivity contribution in [3.8, 4) is 11.5 Å². The van der Waals surface area contributed by atoms with Crippen LogP contribution >= 0.6 is 44.1 Å². The lowest BCUT2D eigenvalue weighted by Gasteiger charge is -2.12. The van der Waals surface area contributed by atoms with Crippen molar-refractivity contribution in [3.63, 3.8) is 0 Å². The van der Waals surface area contributed by atoms with E-state index in [0.717, 1.165) is 4.47 Å². The molecule has 10 heteroatoms. The number of rotatable bonds is 5. The first kappa shape index (κ1) is 21.1. The normalized spacial score (nSPS) is 9.89. The number of amides is 2. The van der Waals surface area contributed by atoms with Gasteiger partial charge in [-0.3, -0.25) is 25.8 Å². The van der Waals surface area contributed by atoms with Gasteiger partial charge in [0.2, 0.25) is 0 Å². The smallest absolute Gasteiger partial charge is 0.276 e. The number of methoxy groups -OCH3 is 1. The largest absolute Gasteiger partial charge is 0.497 e. The summed E-state index contributed by atoms with van der Waals surface area (Å²) in [6, 6.07) is 11.8. The van der Waals surface area contributed by atoms with E-state index in [1.54, 1.807) is 42.5 Å². The van der Waals surface area contributed by atoms with Gasteiger partial charge >= 0.3 is 0 Å². The van der Waals surface area contributed by atoms with Gasteiger partial charge in [0.15, 0.2) is 11.7 Å². The summed E-state index contributed by atoms with van der Waals surface area (Å²) in [4.78, 5) is 23.9. The van der Waals surface area contributed by atoms with Gasteiger partial charge in [0.1, 0.15) is 11.5 Å². The lowest BCUT2D eigenvalue weighted by Crippen LogP contribution is -2.49. The van der Waals surface area contributed by atoms with Gasteiger partial charge in [-0.15, -0.1) is 0 Å². The highest BCUT2D eigenvalue weighted by molar-refractivity contribution is 9.11. The monoisotopic (exact) mass is 515 g/mol. The van der Waals surface area contributed by atoms with E-state index in [4.69, 9.17) is 21.7 Å². The zero-order valence-corrected chi connectivity index (χ0v) is 18.0. The molecular formula is C17H15Br2N3O4S. The van der Waals surface area contributed by atoms with Crippen LogP contribution in [0.1, 0.15) is 10.4 Å². The summed E-state index contributed by atoms with van der Waals surface area (Å²) >= 11 is 11.6. The number of benzene rings is 2. The highest BCUT2D eigenvalue weighted by Gasteiger charge is 2.10. The maximum Gasteiger partial charge on any atom is 0.276 e. The molecule has 2 aromatic rings. The summed E-state index contributed by atoms with van der Waals surface area (Å²) in [5.41, 5.74) is 5.18. The van der Waals surface area contributed by atoms with Crippen LogP contribution in [0.15, 0.2) is 51.4 Å². The number of hydrogen-bond acceptors (Lipinski definition) is 5. The molecule has 0 radical (unpaired) electrons. The maximum atomic E-state index is 12.0. The molecule has 2 amide bonds. The van der Waals surface area contributed by atoms with Gasteiger partial charge in [-0.2, -0.15) is 0 Å². The third kappa shape index (κ3) is 6.81. The van der Waals surface area contributed by atoms with E-state index in [1.807, 2.05) is 0 Å². The minimum atomic E-state index is -0.467. The molecule has 0 aliphatic rings. The average molecular weight is 517 g/mol. The SMILES string of the molecule is COc1ccc(C(=O)NC(=S)NNC(=O)COc2ccc(Br)cc2Br)cc1. The molecule has 0 bridgehead atoms. The Kier molecular flexibility index (Phi) is 8.01. The molecule has 0 aliphatic carbocycles. The molecule has 142 valence electrons. The molecular weight excluding hydrogens is 502 g/mol. The number of ether oxygens (including phenoxy) is 2. The Balaban J connectivity index is 1.75. The van der Waals surface area contributed by atoms with E-state index in [-0.39, 0.29) is 11.7 Å². The summed E-state index contributed by atoms with van der Waals surface area (Å²) in [6.45, 7) is -0.234. The minimum absolute atomic E-state index is 0.0472. The zero-order valence-electron chi connectivity index (χ0n) is 14.0. The number of thiocarbonyl (C=S) groups is 1. The van der Waals surface area contributed by atoms with Crippen LogP contribution in [0, 0.1) is 0 Å². The first-order valence-corrected chi connectivity index (χ1v) is 9.50. The molecule has 0 unspecified atom stereocenters. The van der Waals surface area contributed by atoms with Gasteiger partial charge in [-0.25, -0.2) is 0 Å². The number of carbonyl (C=O) groups excluding carboxylic acids is 2. The van der Waals surface area contributed by atoms with Gasteiger partial charge in [0, 0.05) is 10.0 Å². The first-order valence-electron chi connectivity index (χ1n) is 7.51. The van der Waals surface area contributed by atoms with E-state index in [0.29, 0.717) is 21.5 Å². The molecule has 2 aromatic carbocycles. The van der Waals surface area contributed by atoms with Crippen LogP contribution in [-0.2, 0) is 4.79 Å². The predicted octanol–water partition coefficient (Wildman–Crippen LogP) is 2.93. The number of hydrazine groups is 1. The summed E-state index contributed by atoms with van der Waals surface area (Å²) in [5, 5.41) is 2.40. The predicted molar refractivity (Wildman–Crippen MR) is 112 cm³/mol. The lowest BCUT2D eigenvalue weighted by atomic mass is 10.2. The summed E-state index contributed by atoms with van der Waals surface area (Å²) in [7, 11) is 1.54. The Bertz CT molecular complexity index is 847. The van der Waals surface area contributed by atoms with Crippen molar-refractivity contribution in [1.82, 2.24) is 16.2 Å². The molecule has 0 aromatic heterocycles. The molecule has 0 spiro atoms. The Morgan fingerprint density at radius 1 is 1.07 bits per heavy atom. The second kappa shape index (κ2) is 10.2. The Hall–Kier alpha value is -2.17. The molecule has 0 fully saturated rings. The Morgan fingerprint density at radius 3 is 2.41 bits per heavy atom. The van der Waals surface area contributed by atoms with Crippen LogP contribution in [0.25, 0.3) is 0 Å². The second-order valence-electron chi connectivity index (χ2n) is 5.05. The number of hydrogen-bond donors (Lipinski definition) is 3. The molecule has 0 aliphatic heterocycles. The fourth-order valence-corrected chi connectivity index (χ4v) is 3.15. The zero-order chi connectivity index (χ0) is 19.8. The van der Waals surface area contributed by atoms with Crippen molar-refractivity contribution < 1.29 is 19.1 Å². The summed E-state index contributed by atoms with van der Waals surface area (Å²) in [5.74, 6) is 0.269. The van der Waals surface area contributed by atoms with Crippen LogP contribution in [0.2, 0.25) is 0 Å². The first-order chi connectivity index (χ1) is 12.9. The average Bonchev–Trinajstić information content (AvgIpc) is 2.65. The van der Waals surface area contributed by atoms with Crippen LogP contribution in [0.5, 0.6) is 11.5 Å². The van der Waals surface area contributed by atoms with Crippen LogP contribution in [0.3, 0.4) is 0 Å². The molecule has 0 saturated carbocycles. The maximum absolute atomic E-state index is 12.0. The fourth-order valence-electron chi connectivity index (χ4n) is 1.85. The third-order valence-corrected chi connectivity index (χ3v) is 4.46. The highest BCUT2D eigenvalue weighted by atomic mass is 79.9. The number of carbonyl (C=O) groups is 2. The number of halogens is 2. The van der Waals surface area contributed by atoms with Gasteiger partial charge < -0.3 is 9.47 Å². The van der Waals surface area contributed by atoms with E-state index in [2.05, 4.69) is 48.0 Å². The van der Waals surface area contributed by atoms with Gasteiger partial charge in [-0.05, 0) is 70.6 Å². The van der Waals surface area contributed by atoms with Crippen molar-refractivity contribution in [3.05, 3.63) is 57.0 Å². The molecule has 7 nitrogen and oxygen atoms in total. The Morgan fingerprint density at radius 2 is 1.78 bits per heavy atom. The van der Waals surface area contributed by atoms with Crippen molar-refractivity contribution in [2.24, 2.45) is 0 Å². The quantitative estimate of drug-likeness (QED) is 0.418. The summed E-state index contributed by atoms with van der Waals surface area (Å²) < 4.78 is 12.0. The van der Waals surface area contributed by atoms with Gasteiger partial charge in [-0.1, -0.05) is 15.9 Å². The fraction of sp³-hybridized carbons (Fsp3) is 0.118. The van der Waals surface area contributed by atoms with Crippen LogP contribution in [-0.4, -0.2) is 30.6 Å². The van der Waals surface area contributed by atoms with Gasteiger partial charge in [0.05, 0.1) is 11.6 Å². The van der Waals surface area contributed by atoms with E-state index in [9.17, 15) is 9.59 Å². The van der Waals surface area contributed by atoms with Crippen LogP contribution in [0.4, 0.5) is 0 Å². The molecule has 0 atom stereocenters. The standard InChI is InChI=1S/C17H15Br2N3O4S/c1-25-12-5-2-10(3-6-12)16(24)20-17(27)22-21-15(23)9-26-14-7-4-11(18)8-13(14)19/h2-8H,9H2,1H3,(H,21,23)(H2,20,22,24,27). The lowest BCUT2D eigenvalue weighted by molar-refractivity contribution is -0.123. The molecule has 3 N–H and O–H groups in total. The third-order valence-electron chi connectivity index (χ3n) is 3.15. The molecule has 2 rings (SSSR count). The second-order valence-corrected chi connectivity index (χ2v) is 7.23. The van der Waals surface area contributed by atoms with Crippen molar-refractivity contribution in [1.29, 1.82) is 0 Å². The topological polar surface area (TPSA) is 88.7 Å². The van der Waals surface area contributed by atoms with E-state index in [1.165, 1.54) is 7.11 Å². The Labute approximate surface area is 178 Å². The molecule has 27 heavy (non-hydrogen) atoms. The highest BCUT2D eigenvalue weighted by Crippen LogP contribution is 2.28. The van der Waals surface area contributed by atoms with Crippen molar-refractivity contribution in [2.75, 3.05) is 13.7 Å². The van der Waals surface area contributed by atoms with E-state index < -0.39 is 11.8 Å². The molecule has 0 heterocycles. The van der Waals surface area contributed by atoms with E-state index >= 15 is 0 Å². The minimum Gasteiger partial charge on any atom is -0.497 e. The van der Waals surface area contributed by atoms with Gasteiger partial charge in [0.25, 0.3) is 11.8 Å². The molecule has 0 saturated heterocycles. The number of nitrogens with one attached hydrogen (secondary N) is 3.